The van der Waals surface area contributed by atoms with E-state index in [4.69, 9.17) is 0 Å². The predicted molar refractivity (Wildman–Crippen MR) is 81.0 cm³/mol. The molecule has 3 rings (SSSR count). The molecule has 7 heteroatoms. The van der Waals surface area contributed by atoms with Crippen LogP contribution in [0.25, 0.3) is 11.4 Å². The van der Waals surface area contributed by atoms with Crippen molar-refractivity contribution in [1.82, 2.24) is 30.5 Å². The molecule has 2 aromatic heterocycles. The number of carbonyl (C=O) groups is 1. The number of rotatable bonds is 4. The van der Waals surface area contributed by atoms with E-state index in [9.17, 15) is 4.79 Å². The van der Waals surface area contributed by atoms with Gasteiger partial charge in [-0.05, 0) is 26.0 Å². The number of amides is 1. The van der Waals surface area contributed by atoms with E-state index >= 15 is 0 Å². The van der Waals surface area contributed by atoms with Crippen LogP contribution in [0.15, 0.2) is 36.7 Å². The Labute approximate surface area is 127 Å². The summed E-state index contributed by atoms with van der Waals surface area (Å²) < 4.78 is 0. The minimum Gasteiger partial charge on any atom is -0.345 e. The van der Waals surface area contributed by atoms with Crippen molar-refractivity contribution in [1.29, 1.82) is 0 Å². The maximum absolute atomic E-state index is 12.3. The molecule has 0 aliphatic carbocycles. The number of carbonyl (C=O) groups excluding carboxylic acids is 1. The highest BCUT2D eigenvalue weighted by molar-refractivity contribution is 5.95. The molecule has 112 valence electrons. The van der Waals surface area contributed by atoms with Gasteiger partial charge in [0.1, 0.15) is 11.6 Å². The van der Waals surface area contributed by atoms with Gasteiger partial charge < -0.3 is 10.3 Å². The number of hydrogen-bond acceptors (Lipinski definition) is 4. The second kappa shape index (κ2) is 5.80. The number of H-pyrrole nitrogens is 2. The van der Waals surface area contributed by atoms with Gasteiger partial charge in [0, 0.05) is 23.5 Å². The molecule has 1 amide bonds. The summed E-state index contributed by atoms with van der Waals surface area (Å²) in [6, 6.07) is 7.01. The zero-order valence-corrected chi connectivity index (χ0v) is 12.3. The Bertz CT molecular complexity index is 777. The van der Waals surface area contributed by atoms with Crippen LogP contribution in [0, 0.1) is 6.92 Å². The molecular weight excluding hydrogens is 280 g/mol. The first-order valence-electron chi connectivity index (χ1n) is 6.93. The molecule has 0 bridgehead atoms. The summed E-state index contributed by atoms with van der Waals surface area (Å²) in [5.74, 6) is 1.83. The summed E-state index contributed by atoms with van der Waals surface area (Å²) in [4.78, 5) is 23.8. The van der Waals surface area contributed by atoms with Crippen molar-refractivity contribution < 1.29 is 4.79 Å². The molecule has 0 aliphatic heterocycles. The topological polar surface area (TPSA) is 99.3 Å². The van der Waals surface area contributed by atoms with Crippen LogP contribution in [0.3, 0.4) is 0 Å². The highest BCUT2D eigenvalue weighted by Gasteiger charge is 2.15. The highest BCUT2D eigenvalue weighted by Crippen LogP contribution is 2.16. The van der Waals surface area contributed by atoms with Crippen molar-refractivity contribution in [3.63, 3.8) is 0 Å². The Balaban J connectivity index is 1.76. The van der Waals surface area contributed by atoms with Crippen molar-refractivity contribution in [3.8, 4) is 11.4 Å². The van der Waals surface area contributed by atoms with E-state index in [1.807, 2.05) is 26.0 Å². The normalized spacial score (nSPS) is 12.1. The Morgan fingerprint density at radius 2 is 2.23 bits per heavy atom. The summed E-state index contributed by atoms with van der Waals surface area (Å²) in [6.07, 6.45) is 3.42. The molecule has 0 fully saturated rings. The molecule has 3 N–H and O–H groups in total. The van der Waals surface area contributed by atoms with Gasteiger partial charge in [-0.3, -0.25) is 9.89 Å². The largest absolute Gasteiger partial charge is 0.345 e. The second-order valence-corrected chi connectivity index (χ2v) is 4.99. The fourth-order valence-corrected chi connectivity index (χ4v) is 2.13. The summed E-state index contributed by atoms with van der Waals surface area (Å²) in [5.41, 5.74) is 1.42. The molecule has 1 atom stereocenters. The Morgan fingerprint density at radius 3 is 2.91 bits per heavy atom. The van der Waals surface area contributed by atoms with Crippen molar-refractivity contribution in [2.24, 2.45) is 0 Å². The quantitative estimate of drug-likeness (QED) is 0.685. The van der Waals surface area contributed by atoms with Crippen molar-refractivity contribution in [3.05, 3.63) is 53.9 Å². The lowest BCUT2D eigenvalue weighted by atomic mass is 10.1. The number of aryl methyl sites for hydroxylation is 1. The average Bonchev–Trinajstić information content (AvgIpc) is 3.18. The van der Waals surface area contributed by atoms with E-state index in [0.717, 1.165) is 17.2 Å². The number of nitrogens with zero attached hydrogens (tertiary/aromatic N) is 3. The van der Waals surface area contributed by atoms with Gasteiger partial charge in [-0.1, -0.05) is 12.1 Å². The molecule has 0 spiro atoms. The number of aromatic nitrogens is 5. The van der Waals surface area contributed by atoms with E-state index in [2.05, 4.69) is 30.5 Å². The van der Waals surface area contributed by atoms with Crippen LogP contribution in [0.1, 0.15) is 35.0 Å². The predicted octanol–water partition coefficient (Wildman–Crippen LogP) is 1.99. The van der Waals surface area contributed by atoms with E-state index in [-0.39, 0.29) is 11.9 Å². The first kappa shape index (κ1) is 14.0. The summed E-state index contributed by atoms with van der Waals surface area (Å²) >= 11 is 0. The molecule has 0 unspecified atom stereocenters. The van der Waals surface area contributed by atoms with Gasteiger partial charge in [0.2, 0.25) is 0 Å². The monoisotopic (exact) mass is 296 g/mol. The van der Waals surface area contributed by atoms with Crippen molar-refractivity contribution in [2.75, 3.05) is 0 Å². The summed E-state index contributed by atoms with van der Waals surface area (Å²) in [6.45, 7) is 3.66. The van der Waals surface area contributed by atoms with Crippen LogP contribution < -0.4 is 5.32 Å². The number of benzene rings is 1. The maximum atomic E-state index is 12.3. The van der Waals surface area contributed by atoms with Crippen molar-refractivity contribution >= 4 is 5.91 Å². The zero-order chi connectivity index (χ0) is 15.5. The molecule has 7 nitrogen and oxygen atoms in total. The SMILES string of the molecule is Cc1nc([C@H](C)NC(=O)c2cccc(-c3ncc[nH]3)c2)n[nH]1. The summed E-state index contributed by atoms with van der Waals surface area (Å²) in [5, 5.41) is 9.70. The van der Waals surface area contributed by atoms with Crippen LogP contribution in [0.2, 0.25) is 0 Å². The molecule has 3 aromatic rings. The van der Waals surface area contributed by atoms with Gasteiger partial charge in [0.05, 0.1) is 6.04 Å². The zero-order valence-electron chi connectivity index (χ0n) is 12.3. The minimum atomic E-state index is -0.273. The van der Waals surface area contributed by atoms with Gasteiger partial charge in [0.15, 0.2) is 5.82 Å². The smallest absolute Gasteiger partial charge is 0.251 e. The summed E-state index contributed by atoms with van der Waals surface area (Å²) in [7, 11) is 0. The Hall–Kier alpha value is -2.96. The lowest BCUT2D eigenvalue weighted by Gasteiger charge is -2.11. The van der Waals surface area contributed by atoms with Crippen LogP contribution in [0.4, 0.5) is 0 Å². The van der Waals surface area contributed by atoms with E-state index < -0.39 is 0 Å². The first-order valence-corrected chi connectivity index (χ1v) is 6.93. The van der Waals surface area contributed by atoms with Gasteiger partial charge in [0.25, 0.3) is 5.91 Å². The third kappa shape index (κ3) is 2.88. The fraction of sp³-hybridized carbons (Fsp3) is 0.200. The minimum absolute atomic E-state index is 0.177. The molecule has 0 saturated heterocycles. The number of aromatic amines is 2. The molecular formula is C15H16N6O. The Kier molecular flexibility index (Phi) is 3.69. The van der Waals surface area contributed by atoms with Gasteiger partial charge in [-0.2, -0.15) is 5.10 Å². The molecule has 0 radical (unpaired) electrons. The van der Waals surface area contributed by atoms with Crippen molar-refractivity contribution in [2.45, 2.75) is 19.9 Å². The van der Waals surface area contributed by atoms with Gasteiger partial charge >= 0.3 is 0 Å². The van der Waals surface area contributed by atoms with Gasteiger partial charge in [-0.25, -0.2) is 9.97 Å². The van der Waals surface area contributed by atoms with Crippen LogP contribution in [-0.4, -0.2) is 31.1 Å². The standard InChI is InChI=1S/C15H16N6O/c1-9(13-19-10(2)20-21-13)18-15(22)12-5-3-4-11(8-12)14-16-6-7-17-14/h3-9H,1-2H3,(H,16,17)(H,18,22)(H,19,20,21)/t9-/m0/s1. The van der Waals surface area contributed by atoms with Crippen LogP contribution >= 0.6 is 0 Å². The van der Waals surface area contributed by atoms with Crippen LogP contribution in [0.5, 0.6) is 0 Å². The lowest BCUT2D eigenvalue weighted by molar-refractivity contribution is 0.0938. The highest BCUT2D eigenvalue weighted by atomic mass is 16.1. The molecule has 0 aliphatic rings. The number of nitrogens with one attached hydrogen (secondary N) is 3. The maximum Gasteiger partial charge on any atom is 0.251 e. The van der Waals surface area contributed by atoms with E-state index in [1.54, 1.807) is 24.5 Å². The third-order valence-electron chi connectivity index (χ3n) is 3.25. The Morgan fingerprint density at radius 1 is 1.36 bits per heavy atom. The first-order chi connectivity index (χ1) is 10.6. The van der Waals surface area contributed by atoms with E-state index in [1.165, 1.54) is 0 Å². The fourth-order valence-electron chi connectivity index (χ4n) is 2.13. The molecule has 2 heterocycles. The van der Waals surface area contributed by atoms with E-state index in [0.29, 0.717) is 11.4 Å². The lowest BCUT2D eigenvalue weighted by Crippen LogP contribution is -2.27. The number of imidazole rings is 1. The molecule has 0 saturated carbocycles. The molecule has 22 heavy (non-hydrogen) atoms. The molecule has 1 aromatic carbocycles. The van der Waals surface area contributed by atoms with Gasteiger partial charge in [-0.15, -0.1) is 0 Å². The average molecular weight is 296 g/mol. The number of hydrogen-bond donors (Lipinski definition) is 3. The van der Waals surface area contributed by atoms with Crippen LogP contribution in [-0.2, 0) is 0 Å². The third-order valence-corrected chi connectivity index (χ3v) is 3.25. The second-order valence-electron chi connectivity index (χ2n) is 4.99.